The van der Waals surface area contributed by atoms with Gasteiger partial charge < -0.3 is 5.32 Å². The highest BCUT2D eigenvalue weighted by molar-refractivity contribution is 5.91. The predicted octanol–water partition coefficient (Wildman–Crippen LogP) is 3.45. The van der Waals surface area contributed by atoms with Crippen molar-refractivity contribution < 1.29 is 9.72 Å². The molecule has 20 heavy (non-hydrogen) atoms. The molecular formula is C15H18N2O3. The number of rotatable bonds is 5. The Bertz CT molecular complexity index is 552. The van der Waals surface area contributed by atoms with Crippen LogP contribution in [0.5, 0.6) is 0 Å². The van der Waals surface area contributed by atoms with Crippen LogP contribution in [0.1, 0.15) is 31.7 Å². The lowest BCUT2D eigenvalue weighted by molar-refractivity contribution is -0.385. The summed E-state index contributed by atoms with van der Waals surface area (Å²) >= 11 is 0. The van der Waals surface area contributed by atoms with Crippen LogP contribution >= 0.6 is 0 Å². The van der Waals surface area contributed by atoms with Crippen molar-refractivity contribution in [1.29, 1.82) is 0 Å². The van der Waals surface area contributed by atoms with Gasteiger partial charge in [0.2, 0.25) is 5.91 Å². The van der Waals surface area contributed by atoms with Crippen LogP contribution in [-0.4, -0.2) is 10.8 Å². The van der Waals surface area contributed by atoms with Gasteiger partial charge in [-0.15, -0.1) is 0 Å². The van der Waals surface area contributed by atoms with E-state index in [1.165, 1.54) is 6.07 Å². The Kier molecular flexibility index (Phi) is 4.50. The molecule has 5 heteroatoms. The number of benzene rings is 1. The number of nitrogens with one attached hydrogen (secondary N) is 1. The Balaban J connectivity index is 2.05. The summed E-state index contributed by atoms with van der Waals surface area (Å²) in [7, 11) is 0. The first kappa shape index (κ1) is 14.2. The van der Waals surface area contributed by atoms with Gasteiger partial charge in [-0.1, -0.05) is 25.1 Å². The highest BCUT2D eigenvalue weighted by Crippen LogP contribution is 2.25. The molecule has 0 heterocycles. The molecule has 1 aromatic rings. The van der Waals surface area contributed by atoms with Gasteiger partial charge in [-0.2, -0.15) is 0 Å². The van der Waals surface area contributed by atoms with Crippen molar-refractivity contribution in [2.45, 2.75) is 32.6 Å². The molecule has 0 fully saturated rings. The summed E-state index contributed by atoms with van der Waals surface area (Å²) in [4.78, 5) is 22.5. The molecule has 5 nitrogen and oxygen atoms in total. The van der Waals surface area contributed by atoms with Gasteiger partial charge in [-0.3, -0.25) is 14.9 Å². The molecule has 0 bridgehead atoms. The maximum atomic E-state index is 11.9. The predicted molar refractivity (Wildman–Crippen MR) is 77.6 cm³/mol. The fraction of sp³-hybridized carbons (Fsp3) is 0.400. The minimum Gasteiger partial charge on any atom is -0.326 e. The van der Waals surface area contributed by atoms with Crippen LogP contribution in [-0.2, 0) is 11.2 Å². The number of allylic oxidation sites excluding steroid dienone is 2. The highest BCUT2D eigenvalue weighted by atomic mass is 16.6. The lowest BCUT2D eigenvalue weighted by Gasteiger charge is -2.09. The number of carbonyl (C=O) groups excluding carboxylic acids is 1. The topological polar surface area (TPSA) is 72.2 Å². The molecular weight excluding hydrogens is 256 g/mol. The molecule has 1 aromatic carbocycles. The van der Waals surface area contributed by atoms with Crippen molar-refractivity contribution in [2.24, 2.45) is 5.92 Å². The van der Waals surface area contributed by atoms with Crippen LogP contribution in [0.25, 0.3) is 0 Å². The minimum atomic E-state index is -0.409. The molecule has 0 radical (unpaired) electrons. The van der Waals surface area contributed by atoms with Gasteiger partial charge in [0.25, 0.3) is 5.69 Å². The number of nitro groups is 1. The number of aryl methyl sites for hydroxylation is 1. The van der Waals surface area contributed by atoms with E-state index in [0.29, 0.717) is 30.0 Å². The second-order valence-corrected chi connectivity index (χ2v) is 4.97. The Morgan fingerprint density at radius 3 is 2.90 bits per heavy atom. The zero-order valence-electron chi connectivity index (χ0n) is 11.5. The van der Waals surface area contributed by atoms with E-state index >= 15 is 0 Å². The Hall–Kier alpha value is -2.17. The number of carbonyl (C=O) groups is 1. The average Bonchev–Trinajstić information content (AvgIpc) is 2.91. The Morgan fingerprint density at radius 2 is 2.30 bits per heavy atom. The third kappa shape index (κ3) is 3.44. The SMILES string of the molecule is CCc1ccc(NC(=O)C[C@H]2C=CCC2)cc1[N+](=O)[O-]. The van der Waals surface area contributed by atoms with Crippen molar-refractivity contribution in [3.63, 3.8) is 0 Å². The quantitative estimate of drug-likeness (QED) is 0.507. The smallest absolute Gasteiger partial charge is 0.274 e. The van der Waals surface area contributed by atoms with Crippen molar-refractivity contribution in [2.75, 3.05) is 5.32 Å². The summed E-state index contributed by atoms with van der Waals surface area (Å²) in [6, 6.07) is 4.85. The third-order valence-corrected chi connectivity index (χ3v) is 3.51. The van der Waals surface area contributed by atoms with E-state index in [0.717, 1.165) is 12.8 Å². The maximum Gasteiger partial charge on any atom is 0.274 e. The molecule has 106 valence electrons. The molecule has 1 N–H and O–H groups in total. The van der Waals surface area contributed by atoms with Gasteiger partial charge in [-0.25, -0.2) is 0 Å². The van der Waals surface area contributed by atoms with Crippen LogP contribution in [0.2, 0.25) is 0 Å². The first-order valence-electron chi connectivity index (χ1n) is 6.84. The van der Waals surface area contributed by atoms with Crippen LogP contribution < -0.4 is 5.32 Å². The molecule has 0 unspecified atom stereocenters. The first-order valence-corrected chi connectivity index (χ1v) is 6.84. The molecule has 0 spiro atoms. The minimum absolute atomic E-state index is 0.0612. The van der Waals surface area contributed by atoms with Gasteiger partial charge in [0.1, 0.15) is 0 Å². The molecule has 0 aromatic heterocycles. The molecule has 1 aliphatic carbocycles. The Morgan fingerprint density at radius 1 is 1.50 bits per heavy atom. The molecule has 0 aliphatic heterocycles. The number of hydrogen-bond donors (Lipinski definition) is 1. The summed E-state index contributed by atoms with van der Waals surface area (Å²) in [5, 5.41) is 13.7. The number of hydrogen-bond acceptors (Lipinski definition) is 3. The lowest BCUT2D eigenvalue weighted by Crippen LogP contribution is -2.15. The van der Waals surface area contributed by atoms with Gasteiger partial charge in [0.05, 0.1) is 4.92 Å². The second kappa shape index (κ2) is 6.32. The first-order chi connectivity index (χ1) is 9.60. The molecule has 2 rings (SSSR count). The van der Waals surface area contributed by atoms with Gasteiger partial charge in [0, 0.05) is 23.7 Å². The summed E-state index contributed by atoms with van der Waals surface area (Å²) in [6.07, 6.45) is 7.19. The molecule has 0 saturated heterocycles. The van der Waals surface area contributed by atoms with Crippen LogP contribution in [0, 0.1) is 16.0 Å². The molecule has 1 atom stereocenters. The molecule has 1 aliphatic rings. The van der Waals surface area contributed by atoms with Crippen LogP contribution in [0.3, 0.4) is 0 Å². The van der Waals surface area contributed by atoms with E-state index in [1.807, 2.05) is 6.92 Å². The normalized spacial score (nSPS) is 17.1. The van der Waals surface area contributed by atoms with Crippen molar-refractivity contribution in [3.05, 3.63) is 46.0 Å². The van der Waals surface area contributed by atoms with E-state index in [9.17, 15) is 14.9 Å². The Labute approximate surface area is 117 Å². The van der Waals surface area contributed by atoms with E-state index in [1.54, 1.807) is 12.1 Å². The van der Waals surface area contributed by atoms with E-state index in [2.05, 4.69) is 17.5 Å². The number of anilines is 1. The second-order valence-electron chi connectivity index (χ2n) is 4.97. The molecule has 1 amide bonds. The standard InChI is InChI=1S/C15H18N2O3/c1-2-12-7-8-13(10-14(12)17(19)20)16-15(18)9-11-5-3-4-6-11/h3,5,7-8,10-11H,2,4,6,9H2,1H3,(H,16,18)/t11-/m0/s1. The fourth-order valence-electron chi connectivity index (χ4n) is 2.43. The average molecular weight is 274 g/mol. The van der Waals surface area contributed by atoms with E-state index in [-0.39, 0.29) is 11.6 Å². The number of nitrogens with zero attached hydrogens (tertiary/aromatic N) is 1. The lowest BCUT2D eigenvalue weighted by atomic mass is 10.0. The van der Waals surface area contributed by atoms with Gasteiger partial charge >= 0.3 is 0 Å². The fourth-order valence-corrected chi connectivity index (χ4v) is 2.43. The maximum absolute atomic E-state index is 11.9. The van der Waals surface area contributed by atoms with Crippen molar-refractivity contribution in [3.8, 4) is 0 Å². The third-order valence-electron chi connectivity index (χ3n) is 3.51. The summed E-state index contributed by atoms with van der Waals surface area (Å²) in [5.41, 5.74) is 1.22. The van der Waals surface area contributed by atoms with Gasteiger partial charge in [0.15, 0.2) is 0 Å². The zero-order chi connectivity index (χ0) is 14.5. The van der Waals surface area contributed by atoms with E-state index in [4.69, 9.17) is 0 Å². The van der Waals surface area contributed by atoms with Crippen molar-refractivity contribution in [1.82, 2.24) is 0 Å². The molecule has 0 saturated carbocycles. The van der Waals surface area contributed by atoms with E-state index < -0.39 is 4.92 Å². The largest absolute Gasteiger partial charge is 0.326 e. The zero-order valence-corrected chi connectivity index (χ0v) is 11.5. The highest BCUT2D eigenvalue weighted by Gasteiger charge is 2.16. The van der Waals surface area contributed by atoms with Gasteiger partial charge in [-0.05, 0) is 31.2 Å². The monoisotopic (exact) mass is 274 g/mol. The summed E-state index contributed by atoms with van der Waals surface area (Å²) < 4.78 is 0. The number of nitro benzene ring substituents is 1. The van der Waals surface area contributed by atoms with Crippen LogP contribution in [0.15, 0.2) is 30.4 Å². The van der Waals surface area contributed by atoms with Crippen molar-refractivity contribution >= 4 is 17.3 Å². The summed E-state index contributed by atoms with van der Waals surface area (Å²) in [5.74, 6) is 0.194. The number of amides is 1. The van der Waals surface area contributed by atoms with Crippen LogP contribution in [0.4, 0.5) is 11.4 Å². The summed E-state index contributed by atoms with van der Waals surface area (Å²) in [6.45, 7) is 1.87.